The fourth-order valence-electron chi connectivity index (χ4n) is 3.92. The molecular formula is C24H29ClN6O2. The first-order valence-corrected chi connectivity index (χ1v) is 11.6. The number of halogens is 1. The Labute approximate surface area is 199 Å². The Hall–Kier alpha value is -3.10. The van der Waals surface area contributed by atoms with Crippen LogP contribution >= 0.6 is 11.6 Å². The number of hydrogen-bond acceptors (Lipinski definition) is 6. The number of nitrogens with zero attached hydrogens (tertiary/aromatic N) is 5. The molecule has 0 radical (unpaired) electrons. The van der Waals surface area contributed by atoms with Crippen LogP contribution in [0.1, 0.15) is 19.4 Å². The number of benzene rings is 2. The zero-order valence-electron chi connectivity index (χ0n) is 19.0. The lowest BCUT2D eigenvalue weighted by Gasteiger charge is -2.36. The molecule has 8 nitrogen and oxygen atoms in total. The third-order valence-electron chi connectivity index (χ3n) is 5.88. The third kappa shape index (κ3) is 5.64. The molecule has 2 aromatic carbocycles. The van der Waals surface area contributed by atoms with E-state index in [9.17, 15) is 4.79 Å². The lowest BCUT2D eigenvalue weighted by Crippen LogP contribution is -2.46. The van der Waals surface area contributed by atoms with Crippen molar-refractivity contribution < 1.29 is 9.53 Å². The molecular weight excluding hydrogens is 440 g/mol. The van der Waals surface area contributed by atoms with Gasteiger partial charge in [0, 0.05) is 31.9 Å². The van der Waals surface area contributed by atoms with Crippen LogP contribution in [0.5, 0.6) is 5.75 Å². The number of ether oxygens (including phenoxy) is 1. The van der Waals surface area contributed by atoms with E-state index >= 15 is 0 Å². The van der Waals surface area contributed by atoms with Crippen LogP contribution in [0.25, 0.3) is 5.69 Å². The summed E-state index contributed by atoms with van der Waals surface area (Å²) in [6, 6.07) is 11.5. The number of likely N-dealkylation sites (N-methyl/N-ethyl adjacent to an activating group) is 1. The molecule has 0 saturated carbocycles. The van der Waals surface area contributed by atoms with Crippen molar-refractivity contribution in [3.63, 3.8) is 0 Å². The van der Waals surface area contributed by atoms with Crippen LogP contribution in [0.2, 0.25) is 5.02 Å². The summed E-state index contributed by atoms with van der Waals surface area (Å²) in [5, 5.41) is 11.2. The number of carbonyl (C=O) groups is 1. The Morgan fingerprint density at radius 2 is 1.79 bits per heavy atom. The highest BCUT2D eigenvalue weighted by Crippen LogP contribution is 2.30. The number of aromatic nitrogens is 3. The summed E-state index contributed by atoms with van der Waals surface area (Å²) in [7, 11) is 0. The minimum atomic E-state index is -0.260. The van der Waals surface area contributed by atoms with E-state index < -0.39 is 0 Å². The minimum absolute atomic E-state index is 0.126. The zero-order chi connectivity index (χ0) is 23.2. The fourth-order valence-corrected chi connectivity index (χ4v) is 4.22. The maximum absolute atomic E-state index is 12.5. The quantitative estimate of drug-likeness (QED) is 0.544. The molecule has 1 aromatic heterocycles. The molecule has 4 rings (SSSR count). The second-order valence-electron chi connectivity index (χ2n) is 7.95. The lowest BCUT2D eigenvalue weighted by atomic mass is 10.1. The summed E-state index contributed by atoms with van der Waals surface area (Å²) in [6.45, 7) is 9.15. The summed E-state index contributed by atoms with van der Waals surface area (Å²) in [5.74, 6) is 0.325. The monoisotopic (exact) mass is 468 g/mol. The number of nitrogens with one attached hydrogen (secondary N) is 1. The van der Waals surface area contributed by atoms with Crippen LogP contribution < -0.4 is 15.0 Å². The van der Waals surface area contributed by atoms with Gasteiger partial charge in [-0.2, -0.15) is 0 Å². The molecule has 0 unspecified atom stereocenters. The molecule has 9 heteroatoms. The Balaban J connectivity index is 1.37. The van der Waals surface area contributed by atoms with Crippen LogP contribution in [-0.2, 0) is 11.2 Å². The molecule has 0 aliphatic carbocycles. The first-order chi connectivity index (χ1) is 16.1. The number of aryl methyl sites for hydroxylation is 1. The SMILES string of the molecule is CCc1ccc(OCC(=O)Nc2ccc(N3CCN(CC)CC3)c(Cl)c2)c(-n2cnnc2)c1. The predicted octanol–water partition coefficient (Wildman–Crippen LogP) is 3.64. The molecule has 0 bridgehead atoms. The molecule has 0 spiro atoms. The van der Waals surface area contributed by atoms with Crippen LogP contribution in [0.15, 0.2) is 49.1 Å². The Kier molecular flexibility index (Phi) is 7.47. The van der Waals surface area contributed by atoms with Crippen LogP contribution in [0.4, 0.5) is 11.4 Å². The van der Waals surface area contributed by atoms with Crippen molar-refractivity contribution in [2.24, 2.45) is 0 Å². The fraction of sp³-hybridized carbons (Fsp3) is 0.375. The van der Waals surface area contributed by atoms with Gasteiger partial charge in [0.25, 0.3) is 5.91 Å². The highest BCUT2D eigenvalue weighted by molar-refractivity contribution is 6.33. The predicted molar refractivity (Wildman–Crippen MR) is 131 cm³/mol. The van der Waals surface area contributed by atoms with Crippen LogP contribution in [0.3, 0.4) is 0 Å². The van der Waals surface area contributed by atoms with Gasteiger partial charge in [-0.15, -0.1) is 10.2 Å². The molecule has 2 heterocycles. The van der Waals surface area contributed by atoms with Crippen molar-refractivity contribution in [1.82, 2.24) is 19.7 Å². The van der Waals surface area contributed by atoms with Gasteiger partial charge in [0.1, 0.15) is 18.4 Å². The molecule has 174 valence electrons. The molecule has 1 N–H and O–H groups in total. The summed E-state index contributed by atoms with van der Waals surface area (Å²) in [5.41, 5.74) is 3.59. The smallest absolute Gasteiger partial charge is 0.262 e. The zero-order valence-corrected chi connectivity index (χ0v) is 19.8. The van der Waals surface area contributed by atoms with Gasteiger partial charge in [0.05, 0.1) is 16.4 Å². The van der Waals surface area contributed by atoms with Crippen LogP contribution in [0, 0.1) is 0 Å². The Bertz CT molecular complexity index is 1080. The molecule has 3 aromatic rings. The molecule has 1 fully saturated rings. The number of hydrogen-bond donors (Lipinski definition) is 1. The van der Waals surface area contributed by atoms with Crippen molar-refractivity contribution in [3.8, 4) is 11.4 Å². The van der Waals surface area contributed by atoms with Gasteiger partial charge < -0.3 is 19.9 Å². The van der Waals surface area contributed by atoms with Crippen molar-refractivity contribution in [2.45, 2.75) is 20.3 Å². The molecule has 1 aliphatic heterocycles. The first kappa shape index (κ1) is 23.1. The Morgan fingerprint density at radius 3 is 2.45 bits per heavy atom. The Morgan fingerprint density at radius 1 is 1.03 bits per heavy atom. The van der Waals surface area contributed by atoms with Crippen molar-refractivity contribution >= 4 is 28.9 Å². The van der Waals surface area contributed by atoms with E-state index in [1.807, 2.05) is 30.3 Å². The van der Waals surface area contributed by atoms with Gasteiger partial charge in [-0.05, 0) is 48.9 Å². The van der Waals surface area contributed by atoms with Gasteiger partial charge in [-0.25, -0.2) is 0 Å². The second-order valence-corrected chi connectivity index (χ2v) is 8.36. The van der Waals surface area contributed by atoms with Gasteiger partial charge >= 0.3 is 0 Å². The van der Waals surface area contributed by atoms with Crippen molar-refractivity contribution in [1.29, 1.82) is 0 Å². The third-order valence-corrected chi connectivity index (χ3v) is 6.18. The second kappa shape index (κ2) is 10.7. The van der Waals surface area contributed by atoms with Gasteiger partial charge in [-0.3, -0.25) is 9.36 Å². The maximum Gasteiger partial charge on any atom is 0.262 e. The lowest BCUT2D eigenvalue weighted by molar-refractivity contribution is -0.118. The highest BCUT2D eigenvalue weighted by atomic mass is 35.5. The summed E-state index contributed by atoms with van der Waals surface area (Å²) in [4.78, 5) is 17.3. The van der Waals surface area contributed by atoms with Crippen molar-refractivity contribution in [2.75, 3.05) is 49.5 Å². The van der Waals surface area contributed by atoms with E-state index in [1.165, 1.54) is 0 Å². The normalized spacial score (nSPS) is 14.3. The molecule has 1 aliphatic rings. The largest absolute Gasteiger partial charge is 0.482 e. The van der Waals surface area contributed by atoms with Crippen LogP contribution in [-0.4, -0.2) is 64.9 Å². The van der Waals surface area contributed by atoms with E-state index in [4.69, 9.17) is 16.3 Å². The molecule has 0 atom stereocenters. The molecule has 33 heavy (non-hydrogen) atoms. The van der Waals surface area contributed by atoms with Gasteiger partial charge in [0.2, 0.25) is 0 Å². The van der Waals surface area contributed by atoms with Gasteiger partial charge in [-0.1, -0.05) is 31.5 Å². The number of piperazine rings is 1. The summed E-state index contributed by atoms with van der Waals surface area (Å²) >= 11 is 6.54. The van der Waals surface area contributed by atoms with E-state index in [0.717, 1.165) is 56.1 Å². The summed E-state index contributed by atoms with van der Waals surface area (Å²) in [6.07, 6.45) is 4.10. The van der Waals surface area contributed by atoms with E-state index in [2.05, 4.69) is 39.2 Å². The van der Waals surface area contributed by atoms with E-state index in [0.29, 0.717) is 16.5 Å². The molecule has 1 amide bonds. The van der Waals surface area contributed by atoms with E-state index in [1.54, 1.807) is 23.3 Å². The number of rotatable bonds is 8. The number of carbonyl (C=O) groups excluding carboxylic acids is 1. The highest BCUT2D eigenvalue weighted by Gasteiger charge is 2.18. The topological polar surface area (TPSA) is 75.5 Å². The average Bonchev–Trinajstić information content (AvgIpc) is 3.38. The summed E-state index contributed by atoms with van der Waals surface area (Å²) < 4.78 is 7.60. The average molecular weight is 469 g/mol. The first-order valence-electron chi connectivity index (χ1n) is 11.2. The molecule has 1 saturated heterocycles. The minimum Gasteiger partial charge on any atom is -0.482 e. The standard InChI is InChI=1S/C24H29ClN6O2/c1-3-18-5-8-23(22(13-18)31-16-26-27-17-31)33-15-24(32)28-19-6-7-21(20(25)14-19)30-11-9-29(4-2)10-12-30/h5-8,13-14,16-17H,3-4,9-12,15H2,1-2H3,(H,28,32). The number of amides is 1. The maximum atomic E-state index is 12.5. The van der Waals surface area contributed by atoms with E-state index in [-0.39, 0.29) is 12.5 Å². The van der Waals surface area contributed by atoms with Gasteiger partial charge in [0.15, 0.2) is 6.61 Å². The number of anilines is 2. The van der Waals surface area contributed by atoms with Crippen molar-refractivity contribution in [3.05, 3.63) is 59.6 Å².